The maximum Gasteiger partial charge on any atom is 0.270 e. The van der Waals surface area contributed by atoms with Crippen LogP contribution in [0.4, 0.5) is 5.82 Å². The topological polar surface area (TPSA) is 67.4 Å². The van der Waals surface area contributed by atoms with Gasteiger partial charge in [0.1, 0.15) is 23.6 Å². The highest BCUT2D eigenvalue weighted by atomic mass is 16.5. The Kier molecular flexibility index (Phi) is 7.16. The number of aromatic nitrogens is 2. The summed E-state index contributed by atoms with van der Waals surface area (Å²) in [5, 5.41) is 2.93. The van der Waals surface area contributed by atoms with Gasteiger partial charge in [0.2, 0.25) is 0 Å². The summed E-state index contributed by atoms with van der Waals surface area (Å²) in [5.41, 5.74) is 2.61. The number of benzene rings is 2. The number of nitrogens with zero attached hydrogens (tertiary/aromatic N) is 3. The van der Waals surface area contributed by atoms with E-state index in [2.05, 4.69) is 39.2 Å². The molecule has 1 heterocycles. The highest BCUT2D eigenvalue weighted by Crippen LogP contribution is 2.17. The van der Waals surface area contributed by atoms with Gasteiger partial charge < -0.3 is 15.0 Å². The van der Waals surface area contributed by atoms with Crippen LogP contribution in [0.25, 0.3) is 0 Å². The zero-order valence-electron chi connectivity index (χ0n) is 16.8. The summed E-state index contributed by atoms with van der Waals surface area (Å²) < 4.78 is 5.35. The Bertz CT molecular complexity index is 931. The molecule has 0 fully saturated rings. The van der Waals surface area contributed by atoms with Crippen molar-refractivity contribution in [2.75, 3.05) is 25.1 Å². The molecule has 0 aliphatic carbocycles. The molecule has 0 spiro atoms. The van der Waals surface area contributed by atoms with Gasteiger partial charge in [-0.1, -0.05) is 48.5 Å². The maximum absolute atomic E-state index is 12.6. The van der Waals surface area contributed by atoms with E-state index in [0.717, 1.165) is 30.2 Å². The van der Waals surface area contributed by atoms with Gasteiger partial charge in [-0.05, 0) is 30.5 Å². The van der Waals surface area contributed by atoms with Crippen LogP contribution in [0.15, 0.2) is 67.0 Å². The van der Waals surface area contributed by atoms with E-state index in [1.165, 1.54) is 11.9 Å². The number of nitrogens with one attached hydrogen (secondary N) is 1. The third-order valence-corrected chi connectivity index (χ3v) is 4.68. The molecular formula is C23H26N4O2. The zero-order chi connectivity index (χ0) is 20.5. The molecule has 29 heavy (non-hydrogen) atoms. The van der Waals surface area contributed by atoms with Crippen molar-refractivity contribution in [3.63, 3.8) is 0 Å². The molecule has 0 saturated heterocycles. The van der Waals surface area contributed by atoms with Gasteiger partial charge in [0, 0.05) is 25.7 Å². The summed E-state index contributed by atoms with van der Waals surface area (Å²) in [6.07, 6.45) is 2.13. The minimum Gasteiger partial charge on any atom is -0.496 e. The van der Waals surface area contributed by atoms with E-state index in [-0.39, 0.29) is 5.91 Å². The normalized spacial score (nSPS) is 10.4. The van der Waals surface area contributed by atoms with Crippen molar-refractivity contribution in [3.8, 4) is 5.75 Å². The van der Waals surface area contributed by atoms with Gasteiger partial charge in [-0.25, -0.2) is 9.97 Å². The van der Waals surface area contributed by atoms with Crippen molar-refractivity contribution in [3.05, 3.63) is 83.8 Å². The Morgan fingerprint density at radius 3 is 2.59 bits per heavy atom. The smallest absolute Gasteiger partial charge is 0.270 e. The van der Waals surface area contributed by atoms with E-state index in [1.54, 1.807) is 13.2 Å². The number of methoxy groups -OCH3 is 1. The number of rotatable bonds is 9. The highest BCUT2D eigenvalue weighted by molar-refractivity contribution is 5.92. The molecule has 0 bridgehead atoms. The molecule has 150 valence electrons. The minimum atomic E-state index is -0.209. The molecule has 0 aliphatic rings. The van der Waals surface area contributed by atoms with E-state index < -0.39 is 0 Å². The summed E-state index contributed by atoms with van der Waals surface area (Å²) in [6.45, 7) is 4.07. The van der Waals surface area contributed by atoms with Crippen molar-refractivity contribution < 1.29 is 9.53 Å². The second kappa shape index (κ2) is 10.2. The Labute approximate surface area is 171 Å². The molecule has 0 atom stereocenters. The monoisotopic (exact) mass is 390 g/mol. The van der Waals surface area contributed by atoms with Crippen LogP contribution >= 0.6 is 0 Å². The molecule has 0 unspecified atom stereocenters. The molecule has 1 amide bonds. The predicted molar refractivity (Wildman–Crippen MR) is 114 cm³/mol. The summed E-state index contributed by atoms with van der Waals surface area (Å²) in [7, 11) is 1.65. The summed E-state index contributed by atoms with van der Waals surface area (Å²) in [4.78, 5) is 23.2. The lowest BCUT2D eigenvalue weighted by molar-refractivity contribution is 0.0949. The van der Waals surface area contributed by atoms with Gasteiger partial charge in [0.25, 0.3) is 5.91 Å². The van der Waals surface area contributed by atoms with Gasteiger partial charge in [0.05, 0.1) is 7.11 Å². The van der Waals surface area contributed by atoms with Crippen LogP contribution in [-0.4, -0.2) is 36.1 Å². The molecule has 0 saturated carbocycles. The van der Waals surface area contributed by atoms with Crippen LogP contribution < -0.4 is 15.0 Å². The third kappa shape index (κ3) is 5.54. The van der Waals surface area contributed by atoms with E-state index >= 15 is 0 Å². The van der Waals surface area contributed by atoms with Crippen LogP contribution in [0, 0.1) is 0 Å². The van der Waals surface area contributed by atoms with Crippen LogP contribution in [0.5, 0.6) is 5.75 Å². The Morgan fingerprint density at radius 2 is 1.83 bits per heavy atom. The highest BCUT2D eigenvalue weighted by Gasteiger charge is 2.13. The van der Waals surface area contributed by atoms with Crippen LogP contribution in [0.1, 0.15) is 28.5 Å². The first-order valence-electron chi connectivity index (χ1n) is 9.72. The van der Waals surface area contributed by atoms with Gasteiger partial charge in [-0.15, -0.1) is 0 Å². The number of anilines is 1. The van der Waals surface area contributed by atoms with Crippen molar-refractivity contribution in [1.82, 2.24) is 15.3 Å². The lowest BCUT2D eigenvalue weighted by Crippen LogP contribution is -2.28. The zero-order valence-corrected chi connectivity index (χ0v) is 16.8. The lowest BCUT2D eigenvalue weighted by Gasteiger charge is -2.22. The first-order chi connectivity index (χ1) is 14.2. The SMILES string of the molecule is CCN(Cc1ccccc1)c1cc(C(=O)NCCc2ccccc2OC)ncn1. The number of carbonyl (C=O) groups excluding carboxylic acids is 1. The average molecular weight is 390 g/mol. The minimum absolute atomic E-state index is 0.209. The fraction of sp³-hybridized carbons (Fsp3) is 0.261. The number of para-hydroxylation sites is 1. The van der Waals surface area contributed by atoms with Gasteiger partial charge in [-0.2, -0.15) is 0 Å². The average Bonchev–Trinajstić information content (AvgIpc) is 2.78. The number of carbonyl (C=O) groups is 1. The summed E-state index contributed by atoms with van der Waals surface area (Å²) in [6, 6.07) is 19.7. The fourth-order valence-corrected chi connectivity index (χ4v) is 3.11. The molecule has 0 aliphatic heterocycles. The summed E-state index contributed by atoms with van der Waals surface area (Å²) >= 11 is 0. The first kappa shape index (κ1) is 20.3. The molecule has 1 N–H and O–H groups in total. The Hall–Kier alpha value is -3.41. The standard InChI is InChI=1S/C23H26N4O2/c1-3-27(16-18-9-5-4-6-10-18)22-15-20(25-17-26-22)23(28)24-14-13-19-11-7-8-12-21(19)29-2/h4-12,15,17H,3,13-14,16H2,1-2H3,(H,24,28). The molecule has 6 nitrogen and oxygen atoms in total. The van der Waals surface area contributed by atoms with Crippen molar-refractivity contribution in [2.45, 2.75) is 19.9 Å². The van der Waals surface area contributed by atoms with Crippen molar-refractivity contribution in [2.24, 2.45) is 0 Å². The van der Waals surface area contributed by atoms with Gasteiger partial charge in [0.15, 0.2) is 0 Å². The molecule has 0 radical (unpaired) electrons. The molecule has 1 aromatic heterocycles. The van der Waals surface area contributed by atoms with Crippen LogP contribution in [0.2, 0.25) is 0 Å². The quantitative estimate of drug-likeness (QED) is 0.606. The van der Waals surface area contributed by atoms with E-state index in [4.69, 9.17) is 4.74 Å². The molecule has 6 heteroatoms. The van der Waals surface area contributed by atoms with Gasteiger partial charge >= 0.3 is 0 Å². The second-order valence-electron chi connectivity index (χ2n) is 6.58. The van der Waals surface area contributed by atoms with E-state index in [0.29, 0.717) is 18.7 Å². The first-order valence-corrected chi connectivity index (χ1v) is 9.72. The van der Waals surface area contributed by atoms with Crippen LogP contribution in [0.3, 0.4) is 0 Å². The number of amides is 1. The van der Waals surface area contributed by atoms with Crippen LogP contribution in [-0.2, 0) is 13.0 Å². The number of ether oxygens (including phenoxy) is 1. The third-order valence-electron chi connectivity index (χ3n) is 4.68. The molecule has 3 aromatic rings. The van der Waals surface area contributed by atoms with E-state index in [1.807, 2.05) is 42.5 Å². The molecule has 2 aromatic carbocycles. The number of hydrogen-bond donors (Lipinski definition) is 1. The second-order valence-corrected chi connectivity index (χ2v) is 6.58. The predicted octanol–water partition coefficient (Wildman–Crippen LogP) is 3.48. The summed E-state index contributed by atoms with van der Waals surface area (Å²) in [5.74, 6) is 1.35. The Balaban J connectivity index is 1.62. The fourth-order valence-electron chi connectivity index (χ4n) is 3.11. The lowest BCUT2D eigenvalue weighted by atomic mass is 10.1. The van der Waals surface area contributed by atoms with Crippen molar-refractivity contribution in [1.29, 1.82) is 0 Å². The number of hydrogen-bond acceptors (Lipinski definition) is 5. The largest absolute Gasteiger partial charge is 0.496 e. The Morgan fingerprint density at radius 1 is 1.07 bits per heavy atom. The maximum atomic E-state index is 12.6. The molecular weight excluding hydrogens is 364 g/mol. The van der Waals surface area contributed by atoms with Gasteiger partial charge in [-0.3, -0.25) is 4.79 Å². The van der Waals surface area contributed by atoms with E-state index in [9.17, 15) is 4.79 Å². The molecule has 3 rings (SSSR count). The van der Waals surface area contributed by atoms with Crippen molar-refractivity contribution >= 4 is 11.7 Å².